The molecule has 1 heterocycles. The van der Waals surface area contributed by atoms with E-state index in [0.717, 1.165) is 5.82 Å². The highest BCUT2D eigenvalue weighted by Crippen LogP contribution is 2.32. The lowest BCUT2D eigenvalue weighted by Crippen LogP contribution is -2.05. The van der Waals surface area contributed by atoms with E-state index >= 15 is 0 Å². The fourth-order valence-electron chi connectivity index (χ4n) is 2.10. The van der Waals surface area contributed by atoms with Crippen molar-refractivity contribution in [3.63, 3.8) is 0 Å². The van der Waals surface area contributed by atoms with Gasteiger partial charge in [-0.1, -0.05) is 19.3 Å². The Bertz CT molecular complexity index is 265. The molecule has 1 aromatic heterocycles. The van der Waals surface area contributed by atoms with Gasteiger partial charge in [0.1, 0.15) is 5.82 Å². The lowest BCUT2D eigenvalue weighted by molar-refractivity contribution is 0.433. The zero-order valence-electron chi connectivity index (χ0n) is 8.16. The van der Waals surface area contributed by atoms with E-state index in [2.05, 4.69) is 5.10 Å². The Morgan fingerprint density at radius 2 is 2.08 bits per heavy atom. The summed E-state index contributed by atoms with van der Waals surface area (Å²) >= 11 is 0. The van der Waals surface area contributed by atoms with Gasteiger partial charge in [0.25, 0.3) is 0 Å². The SMILES string of the molecule is Cn1nc(C2CCCCC2)cc1N. The van der Waals surface area contributed by atoms with E-state index in [1.54, 1.807) is 4.68 Å². The monoisotopic (exact) mass is 179 g/mol. The molecule has 1 aliphatic carbocycles. The molecule has 0 aliphatic heterocycles. The average molecular weight is 179 g/mol. The quantitative estimate of drug-likeness (QED) is 0.717. The van der Waals surface area contributed by atoms with Crippen LogP contribution in [0.15, 0.2) is 6.07 Å². The highest BCUT2D eigenvalue weighted by Gasteiger charge is 2.18. The Hall–Kier alpha value is -0.990. The third-order valence-electron chi connectivity index (χ3n) is 2.96. The minimum absolute atomic E-state index is 0.664. The number of aryl methyl sites for hydroxylation is 1. The maximum atomic E-state index is 5.75. The molecule has 1 fully saturated rings. The van der Waals surface area contributed by atoms with Crippen molar-refractivity contribution >= 4 is 5.82 Å². The number of anilines is 1. The molecule has 1 aromatic rings. The highest BCUT2D eigenvalue weighted by molar-refractivity contribution is 5.32. The molecule has 0 radical (unpaired) electrons. The van der Waals surface area contributed by atoms with E-state index in [0.29, 0.717) is 5.92 Å². The molecule has 2 rings (SSSR count). The Labute approximate surface area is 78.9 Å². The molecule has 1 saturated carbocycles. The first-order valence-electron chi connectivity index (χ1n) is 5.07. The van der Waals surface area contributed by atoms with E-state index in [-0.39, 0.29) is 0 Å². The van der Waals surface area contributed by atoms with Gasteiger partial charge < -0.3 is 5.73 Å². The number of aromatic nitrogens is 2. The van der Waals surface area contributed by atoms with E-state index in [1.807, 2.05) is 13.1 Å². The third kappa shape index (κ3) is 1.69. The molecule has 0 atom stereocenters. The van der Waals surface area contributed by atoms with Crippen molar-refractivity contribution in [3.8, 4) is 0 Å². The van der Waals surface area contributed by atoms with Crippen LogP contribution < -0.4 is 5.73 Å². The molecular weight excluding hydrogens is 162 g/mol. The highest BCUT2D eigenvalue weighted by atomic mass is 15.3. The molecule has 0 bridgehead atoms. The molecule has 2 N–H and O–H groups in total. The fourth-order valence-corrected chi connectivity index (χ4v) is 2.10. The molecule has 3 nitrogen and oxygen atoms in total. The summed E-state index contributed by atoms with van der Waals surface area (Å²) in [5.74, 6) is 1.44. The molecule has 3 heteroatoms. The number of hydrogen-bond acceptors (Lipinski definition) is 2. The summed E-state index contributed by atoms with van der Waals surface area (Å²) in [6, 6.07) is 2.02. The van der Waals surface area contributed by atoms with E-state index in [9.17, 15) is 0 Å². The van der Waals surface area contributed by atoms with Crippen LogP contribution in [0.2, 0.25) is 0 Å². The predicted octanol–water partition coefficient (Wildman–Crippen LogP) is 2.05. The summed E-state index contributed by atoms with van der Waals surface area (Å²) in [5.41, 5.74) is 6.94. The minimum Gasteiger partial charge on any atom is -0.384 e. The minimum atomic E-state index is 0.664. The summed E-state index contributed by atoms with van der Waals surface area (Å²) in [4.78, 5) is 0. The van der Waals surface area contributed by atoms with Gasteiger partial charge in [-0.3, -0.25) is 4.68 Å². The van der Waals surface area contributed by atoms with Gasteiger partial charge in [0.2, 0.25) is 0 Å². The van der Waals surface area contributed by atoms with E-state index in [4.69, 9.17) is 5.73 Å². The van der Waals surface area contributed by atoms with Crippen LogP contribution in [0, 0.1) is 0 Å². The fraction of sp³-hybridized carbons (Fsp3) is 0.700. The second-order valence-corrected chi connectivity index (χ2v) is 3.95. The van der Waals surface area contributed by atoms with Crippen LogP contribution >= 0.6 is 0 Å². The Balaban J connectivity index is 2.14. The van der Waals surface area contributed by atoms with Gasteiger partial charge in [0.05, 0.1) is 5.69 Å². The molecule has 72 valence electrons. The molecule has 0 spiro atoms. The molecular formula is C10H17N3. The zero-order chi connectivity index (χ0) is 9.26. The van der Waals surface area contributed by atoms with Gasteiger partial charge in [-0.2, -0.15) is 5.10 Å². The molecule has 0 aromatic carbocycles. The summed E-state index contributed by atoms with van der Waals surface area (Å²) < 4.78 is 1.77. The lowest BCUT2D eigenvalue weighted by Gasteiger charge is -2.19. The van der Waals surface area contributed by atoms with Gasteiger partial charge in [-0.25, -0.2) is 0 Å². The van der Waals surface area contributed by atoms with Gasteiger partial charge in [0, 0.05) is 19.0 Å². The zero-order valence-corrected chi connectivity index (χ0v) is 8.16. The molecule has 13 heavy (non-hydrogen) atoms. The van der Waals surface area contributed by atoms with Crippen LogP contribution in [0.25, 0.3) is 0 Å². The average Bonchev–Trinajstić information content (AvgIpc) is 2.49. The number of hydrogen-bond donors (Lipinski definition) is 1. The van der Waals surface area contributed by atoms with E-state index < -0.39 is 0 Å². The van der Waals surface area contributed by atoms with Crippen molar-refractivity contribution in [1.29, 1.82) is 0 Å². The van der Waals surface area contributed by atoms with Crippen molar-refractivity contribution in [2.45, 2.75) is 38.0 Å². The van der Waals surface area contributed by atoms with Crippen molar-refractivity contribution in [2.24, 2.45) is 7.05 Å². The van der Waals surface area contributed by atoms with Crippen LogP contribution in [0.4, 0.5) is 5.82 Å². The van der Waals surface area contributed by atoms with Crippen LogP contribution in [0.1, 0.15) is 43.7 Å². The van der Waals surface area contributed by atoms with Crippen LogP contribution in [0.5, 0.6) is 0 Å². The summed E-state index contributed by atoms with van der Waals surface area (Å²) in [6.45, 7) is 0. The van der Waals surface area contributed by atoms with Crippen molar-refractivity contribution in [1.82, 2.24) is 9.78 Å². The Kier molecular flexibility index (Phi) is 2.25. The van der Waals surface area contributed by atoms with Gasteiger partial charge in [0.15, 0.2) is 0 Å². The van der Waals surface area contributed by atoms with Crippen molar-refractivity contribution in [3.05, 3.63) is 11.8 Å². The first-order chi connectivity index (χ1) is 6.27. The number of nitrogens with zero attached hydrogens (tertiary/aromatic N) is 2. The third-order valence-corrected chi connectivity index (χ3v) is 2.96. The molecule has 1 aliphatic rings. The maximum absolute atomic E-state index is 5.75. The van der Waals surface area contributed by atoms with Gasteiger partial charge >= 0.3 is 0 Å². The largest absolute Gasteiger partial charge is 0.384 e. The molecule has 0 unspecified atom stereocenters. The normalized spacial score (nSPS) is 19.2. The van der Waals surface area contributed by atoms with Crippen molar-refractivity contribution in [2.75, 3.05) is 5.73 Å². The van der Waals surface area contributed by atoms with Gasteiger partial charge in [-0.05, 0) is 12.8 Å². The number of nitrogens with two attached hydrogens (primary N) is 1. The first-order valence-corrected chi connectivity index (χ1v) is 5.07. The van der Waals surface area contributed by atoms with Crippen molar-refractivity contribution < 1.29 is 0 Å². The first kappa shape index (κ1) is 8.60. The number of nitrogen functional groups attached to an aromatic ring is 1. The summed E-state index contributed by atoms with van der Waals surface area (Å²) in [7, 11) is 1.90. The second kappa shape index (κ2) is 3.40. The molecule has 0 amide bonds. The Morgan fingerprint density at radius 1 is 1.38 bits per heavy atom. The molecule has 0 saturated heterocycles. The van der Waals surface area contributed by atoms with E-state index in [1.165, 1.54) is 37.8 Å². The predicted molar refractivity (Wildman–Crippen MR) is 53.4 cm³/mol. The van der Waals surface area contributed by atoms with Crippen LogP contribution in [0.3, 0.4) is 0 Å². The lowest BCUT2D eigenvalue weighted by atomic mass is 9.87. The number of rotatable bonds is 1. The summed E-state index contributed by atoms with van der Waals surface area (Å²) in [6.07, 6.45) is 6.66. The van der Waals surface area contributed by atoms with Crippen LogP contribution in [-0.4, -0.2) is 9.78 Å². The smallest absolute Gasteiger partial charge is 0.121 e. The Morgan fingerprint density at radius 3 is 2.62 bits per heavy atom. The van der Waals surface area contributed by atoms with Crippen LogP contribution in [-0.2, 0) is 7.05 Å². The standard InChI is InChI=1S/C10H17N3/c1-13-10(11)7-9(12-13)8-5-3-2-4-6-8/h7-8H,2-6,11H2,1H3. The maximum Gasteiger partial charge on any atom is 0.121 e. The summed E-state index contributed by atoms with van der Waals surface area (Å²) in [5, 5.41) is 4.43. The second-order valence-electron chi connectivity index (χ2n) is 3.95. The topological polar surface area (TPSA) is 43.8 Å². The van der Waals surface area contributed by atoms with Gasteiger partial charge in [-0.15, -0.1) is 0 Å².